The van der Waals surface area contributed by atoms with Crippen LogP contribution in [-0.4, -0.2) is 64.6 Å². The van der Waals surface area contributed by atoms with Crippen molar-refractivity contribution in [2.24, 2.45) is 0 Å². The number of benzene rings is 2. The molecule has 0 atom stereocenters. The largest absolute Gasteiger partial charge is 0.493 e. The molecule has 0 saturated heterocycles. The Morgan fingerprint density at radius 3 is 2.17 bits per heavy atom. The predicted molar refractivity (Wildman–Crippen MR) is 114 cm³/mol. The fourth-order valence-corrected chi connectivity index (χ4v) is 4.19. The van der Waals surface area contributed by atoms with Gasteiger partial charge in [0.15, 0.2) is 11.5 Å². The van der Waals surface area contributed by atoms with Gasteiger partial charge in [-0.25, -0.2) is 8.42 Å². The van der Waals surface area contributed by atoms with Crippen LogP contribution in [0, 0.1) is 0 Å². The van der Waals surface area contributed by atoms with Gasteiger partial charge < -0.3 is 14.4 Å². The van der Waals surface area contributed by atoms with Gasteiger partial charge in [0, 0.05) is 25.5 Å². The van der Waals surface area contributed by atoms with Gasteiger partial charge >= 0.3 is 0 Å². The molecule has 9 heteroatoms. The number of nitrogens with zero attached hydrogens (tertiary/aromatic N) is 2. The molecule has 0 aliphatic rings. The summed E-state index contributed by atoms with van der Waals surface area (Å²) in [6.45, 7) is 0.0614. The van der Waals surface area contributed by atoms with E-state index in [-0.39, 0.29) is 17.3 Å². The summed E-state index contributed by atoms with van der Waals surface area (Å²) >= 11 is 1.53. The third kappa shape index (κ3) is 5.65. The molecule has 2 rings (SSSR count). The third-order valence-corrected chi connectivity index (χ3v) is 6.98. The van der Waals surface area contributed by atoms with Gasteiger partial charge in [0.2, 0.25) is 15.9 Å². The van der Waals surface area contributed by atoms with E-state index in [1.807, 2.05) is 12.3 Å². The minimum absolute atomic E-state index is 0.160. The molecule has 0 aliphatic heterocycles. The highest BCUT2D eigenvalue weighted by Gasteiger charge is 2.24. The second-order valence-electron chi connectivity index (χ2n) is 6.38. The maximum Gasteiger partial charge on any atom is 0.243 e. The lowest BCUT2D eigenvalue weighted by molar-refractivity contribution is -0.130. The molecule has 0 aromatic heterocycles. The molecule has 0 radical (unpaired) electrons. The minimum Gasteiger partial charge on any atom is -0.493 e. The van der Waals surface area contributed by atoms with E-state index in [9.17, 15) is 13.2 Å². The van der Waals surface area contributed by atoms with Gasteiger partial charge in [-0.05, 0) is 48.2 Å². The maximum absolute atomic E-state index is 12.7. The van der Waals surface area contributed by atoms with Gasteiger partial charge in [0.1, 0.15) is 0 Å². The highest BCUT2D eigenvalue weighted by molar-refractivity contribution is 7.98. The number of carbonyl (C=O) groups excluding carboxylic acids is 1. The van der Waals surface area contributed by atoms with Crippen LogP contribution < -0.4 is 9.47 Å². The van der Waals surface area contributed by atoms with Gasteiger partial charge in [-0.1, -0.05) is 6.07 Å². The van der Waals surface area contributed by atoms with Crippen molar-refractivity contribution in [3.8, 4) is 11.5 Å². The number of carbonyl (C=O) groups is 1. The van der Waals surface area contributed by atoms with Crippen LogP contribution in [0.3, 0.4) is 0 Å². The van der Waals surface area contributed by atoms with E-state index in [2.05, 4.69) is 0 Å². The quantitative estimate of drug-likeness (QED) is 0.561. The van der Waals surface area contributed by atoms with Crippen LogP contribution in [0.1, 0.15) is 5.56 Å². The highest BCUT2D eigenvalue weighted by Crippen LogP contribution is 2.28. The van der Waals surface area contributed by atoms with Crippen LogP contribution in [0.5, 0.6) is 11.5 Å². The topological polar surface area (TPSA) is 76.2 Å². The van der Waals surface area contributed by atoms with Crippen molar-refractivity contribution in [1.82, 2.24) is 9.21 Å². The Hall–Kier alpha value is -2.23. The number of methoxy groups -OCH3 is 2. The lowest BCUT2D eigenvalue weighted by atomic mass is 10.2. The number of amides is 1. The maximum atomic E-state index is 12.7. The van der Waals surface area contributed by atoms with Crippen LogP contribution in [0.25, 0.3) is 0 Å². The van der Waals surface area contributed by atoms with Gasteiger partial charge in [0.05, 0.1) is 25.7 Å². The first-order valence-electron chi connectivity index (χ1n) is 8.78. The van der Waals surface area contributed by atoms with Crippen LogP contribution in [-0.2, 0) is 21.4 Å². The van der Waals surface area contributed by atoms with Crippen LogP contribution >= 0.6 is 11.8 Å². The summed E-state index contributed by atoms with van der Waals surface area (Å²) in [6.07, 6.45) is 1.92. The summed E-state index contributed by atoms with van der Waals surface area (Å²) in [7, 11) is 2.39. The number of ether oxygens (including phenoxy) is 2. The highest BCUT2D eigenvalue weighted by atomic mass is 32.2. The van der Waals surface area contributed by atoms with E-state index in [0.29, 0.717) is 18.0 Å². The molecule has 158 valence electrons. The molecule has 0 bridgehead atoms. The first kappa shape index (κ1) is 23.1. The Labute approximate surface area is 176 Å². The molecule has 0 heterocycles. The standard InChI is InChI=1S/C20H26N2O5S2/c1-21(13-15-6-11-18(26-3)19(12-15)27-4)20(23)14-22(2)29(24,25)17-9-7-16(28-5)8-10-17/h6-12H,13-14H2,1-5H3. The van der Waals surface area contributed by atoms with Crippen molar-refractivity contribution in [3.63, 3.8) is 0 Å². The number of hydrogen-bond donors (Lipinski definition) is 0. The zero-order valence-corrected chi connectivity index (χ0v) is 18.8. The van der Waals surface area contributed by atoms with E-state index in [4.69, 9.17) is 9.47 Å². The lowest BCUT2D eigenvalue weighted by Crippen LogP contribution is -2.39. The van der Waals surface area contributed by atoms with Gasteiger partial charge in [0.25, 0.3) is 0 Å². The zero-order chi connectivity index (χ0) is 21.6. The first-order valence-corrected chi connectivity index (χ1v) is 11.4. The number of rotatable bonds is 9. The Balaban J connectivity index is 2.06. The molecule has 2 aromatic rings. The molecule has 29 heavy (non-hydrogen) atoms. The smallest absolute Gasteiger partial charge is 0.243 e. The van der Waals surface area contributed by atoms with E-state index < -0.39 is 10.0 Å². The Morgan fingerprint density at radius 1 is 1.00 bits per heavy atom. The van der Waals surface area contributed by atoms with Crippen LogP contribution in [0.15, 0.2) is 52.3 Å². The van der Waals surface area contributed by atoms with E-state index in [1.54, 1.807) is 57.7 Å². The summed E-state index contributed by atoms with van der Waals surface area (Å²) in [6, 6.07) is 12.0. The van der Waals surface area contributed by atoms with Crippen molar-refractivity contribution < 1.29 is 22.7 Å². The normalized spacial score (nSPS) is 11.4. The Morgan fingerprint density at radius 2 is 1.62 bits per heavy atom. The van der Waals surface area contributed by atoms with Crippen molar-refractivity contribution in [2.45, 2.75) is 16.3 Å². The van der Waals surface area contributed by atoms with Gasteiger partial charge in [-0.3, -0.25) is 4.79 Å². The fraction of sp³-hybridized carbons (Fsp3) is 0.350. The van der Waals surface area contributed by atoms with Crippen molar-refractivity contribution in [3.05, 3.63) is 48.0 Å². The second kappa shape index (κ2) is 10.00. The van der Waals surface area contributed by atoms with Crippen LogP contribution in [0.2, 0.25) is 0 Å². The number of thioether (sulfide) groups is 1. The number of sulfonamides is 1. The SMILES string of the molecule is COc1ccc(CN(C)C(=O)CN(C)S(=O)(=O)c2ccc(SC)cc2)cc1OC. The summed E-state index contributed by atoms with van der Waals surface area (Å²) in [5.41, 5.74) is 0.844. The Kier molecular flexibility index (Phi) is 7.95. The summed E-state index contributed by atoms with van der Waals surface area (Å²) in [4.78, 5) is 15.2. The van der Waals surface area contributed by atoms with Crippen molar-refractivity contribution in [1.29, 1.82) is 0 Å². The van der Waals surface area contributed by atoms with Crippen molar-refractivity contribution >= 4 is 27.7 Å². The average molecular weight is 439 g/mol. The lowest BCUT2D eigenvalue weighted by Gasteiger charge is -2.22. The monoisotopic (exact) mass is 438 g/mol. The molecular weight excluding hydrogens is 412 g/mol. The second-order valence-corrected chi connectivity index (χ2v) is 9.30. The van der Waals surface area contributed by atoms with E-state index >= 15 is 0 Å². The number of hydrogen-bond acceptors (Lipinski definition) is 6. The Bertz CT molecular complexity index is 946. The summed E-state index contributed by atoms with van der Waals surface area (Å²) in [5, 5.41) is 0. The molecule has 0 N–H and O–H groups in total. The minimum atomic E-state index is -3.75. The molecule has 0 fully saturated rings. The third-order valence-electron chi connectivity index (χ3n) is 4.42. The molecule has 2 aromatic carbocycles. The zero-order valence-electron chi connectivity index (χ0n) is 17.2. The molecule has 0 saturated carbocycles. The fourth-order valence-electron chi connectivity index (χ4n) is 2.66. The van der Waals surface area contributed by atoms with Crippen molar-refractivity contribution in [2.75, 3.05) is 41.1 Å². The summed E-state index contributed by atoms with van der Waals surface area (Å²) in [5.74, 6) is 0.856. The van der Waals surface area contributed by atoms with E-state index in [1.165, 1.54) is 23.7 Å². The molecule has 1 amide bonds. The summed E-state index contributed by atoms with van der Waals surface area (Å²) < 4.78 is 37.0. The molecule has 0 unspecified atom stereocenters. The molecular formula is C20H26N2O5S2. The molecule has 0 spiro atoms. The van der Waals surface area contributed by atoms with Gasteiger partial charge in [-0.15, -0.1) is 11.8 Å². The average Bonchev–Trinajstić information content (AvgIpc) is 2.73. The molecule has 0 aliphatic carbocycles. The first-order chi connectivity index (χ1) is 13.7. The van der Waals surface area contributed by atoms with Gasteiger partial charge in [-0.2, -0.15) is 4.31 Å². The van der Waals surface area contributed by atoms with E-state index in [0.717, 1.165) is 14.8 Å². The number of likely N-dealkylation sites (N-methyl/N-ethyl adjacent to an activating group) is 2. The predicted octanol–water partition coefficient (Wildman–Crippen LogP) is 2.70. The van der Waals surface area contributed by atoms with Crippen LogP contribution in [0.4, 0.5) is 0 Å². The molecule has 7 nitrogen and oxygen atoms in total.